The van der Waals surface area contributed by atoms with Gasteiger partial charge in [-0.15, -0.1) is 0 Å². The molecule has 0 spiro atoms. The summed E-state index contributed by atoms with van der Waals surface area (Å²) < 4.78 is 10.9. The number of carbonyl (C=O) groups is 1. The Morgan fingerprint density at radius 1 is 1.40 bits per heavy atom. The van der Waals surface area contributed by atoms with E-state index in [0.29, 0.717) is 16.5 Å². The number of ether oxygens (including phenoxy) is 2. The SMILES string of the molecule is C[C@@H]1Oc2ccc(NC(=S)NCCC[NH+]3CCOCC3)cc2NC1=O. The number of carbonyl (C=O) groups excluding carboxylic acids is 1. The molecule has 0 aromatic heterocycles. The lowest BCUT2D eigenvalue weighted by atomic mass is 10.2. The fraction of sp³-hybridized carbons (Fsp3) is 0.529. The Kier molecular flexibility index (Phi) is 6.06. The van der Waals surface area contributed by atoms with Gasteiger partial charge in [-0.2, -0.15) is 0 Å². The van der Waals surface area contributed by atoms with Gasteiger partial charge in [0.2, 0.25) is 0 Å². The molecule has 1 aromatic rings. The predicted octanol–water partition coefficient (Wildman–Crippen LogP) is -0.00240. The summed E-state index contributed by atoms with van der Waals surface area (Å²) in [5.74, 6) is 0.529. The molecule has 8 heteroatoms. The first-order valence-electron chi connectivity index (χ1n) is 8.69. The third-order valence-electron chi connectivity index (χ3n) is 4.36. The molecule has 1 aromatic carbocycles. The standard InChI is InChI=1S/C17H24N4O3S/c1-12-16(22)20-14-11-13(3-4-15(14)24-12)19-17(25)18-5-2-6-21-7-9-23-10-8-21/h3-4,11-12H,2,5-10H2,1H3,(H,20,22)(H2,18,19,25)/p+1/t12-/m0/s1. The monoisotopic (exact) mass is 365 g/mol. The first-order chi connectivity index (χ1) is 12.1. The number of anilines is 2. The third kappa shape index (κ3) is 5.04. The Hall–Kier alpha value is -1.90. The van der Waals surface area contributed by atoms with Crippen LogP contribution in [0.4, 0.5) is 11.4 Å². The van der Waals surface area contributed by atoms with Crippen LogP contribution in [0.1, 0.15) is 13.3 Å². The Bertz CT molecular complexity index is 634. The Morgan fingerprint density at radius 3 is 3.00 bits per heavy atom. The Balaban J connectivity index is 1.42. The molecule has 1 amide bonds. The average Bonchev–Trinajstić information content (AvgIpc) is 2.61. The number of quaternary nitrogens is 1. The van der Waals surface area contributed by atoms with Gasteiger partial charge >= 0.3 is 0 Å². The lowest BCUT2D eigenvalue weighted by Gasteiger charge is -2.24. The molecular weight excluding hydrogens is 340 g/mol. The first kappa shape index (κ1) is 17.9. The van der Waals surface area contributed by atoms with Gasteiger partial charge in [0, 0.05) is 18.7 Å². The van der Waals surface area contributed by atoms with E-state index in [1.165, 1.54) is 0 Å². The molecule has 25 heavy (non-hydrogen) atoms. The van der Waals surface area contributed by atoms with Crippen molar-refractivity contribution in [2.75, 3.05) is 50.0 Å². The summed E-state index contributed by atoms with van der Waals surface area (Å²) in [6.45, 7) is 7.58. The number of amides is 1. The van der Waals surface area contributed by atoms with Crippen LogP contribution < -0.4 is 25.6 Å². The van der Waals surface area contributed by atoms with E-state index in [9.17, 15) is 4.79 Å². The summed E-state index contributed by atoms with van der Waals surface area (Å²) in [5, 5.41) is 9.78. The molecule has 7 nitrogen and oxygen atoms in total. The van der Waals surface area contributed by atoms with Gasteiger partial charge in [0.05, 0.1) is 25.4 Å². The predicted molar refractivity (Wildman–Crippen MR) is 100 cm³/mol. The smallest absolute Gasteiger partial charge is 0.265 e. The zero-order chi connectivity index (χ0) is 17.6. The number of fused-ring (bicyclic) bond motifs is 1. The molecule has 1 fully saturated rings. The van der Waals surface area contributed by atoms with Crippen molar-refractivity contribution in [1.82, 2.24) is 5.32 Å². The second-order valence-electron chi connectivity index (χ2n) is 6.31. The number of nitrogens with one attached hydrogen (secondary N) is 4. The van der Waals surface area contributed by atoms with Gasteiger partial charge in [0.15, 0.2) is 11.2 Å². The number of thiocarbonyl (C=S) groups is 1. The second kappa shape index (κ2) is 8.46. The number of morpholine rings is 1. The minimum absolute atomic E-state index is 0.143. The van der Waals surface area contributed by atoms with Crippen molar-refractivity contribution in [2.45, 2.75) is 19.4 Å². The maximum Gasteiger partial charge on any atom is 0.265 e. The van der Waals surface area contributed by atoms with Crippen molar-refractivity contribution in [2.24, 2.45) is 0 Å². The minimum atomic E-state index is -0.470. The molecule has 1 atom stereocenters. The van der Waals surface area contributed by atoms with E-state index < -0.39 is 6.10 Å². The zero-order valence-electron chi connectivity index (χ0n) is 14.4. The lowest BCUT2D eigenvalue weighted by molar-refractivity contribution is -0.908. The Labute approximate surface area is 153 Å². The van der Waals surface area contributed by atoms with Crippen LogP contribution in [0, 0.1) is 0 Å². The molecule has 2 aliphatic heterocycles. The molecule has 2 aliphatic rings. The highest BCUT2D eigenvalue weighted by atomic mass is 32.1. The van der Waals surface area contributed by atoms with E-state index in [2.05, 4.69) is 16.0 Å². The molecule has 0 saturated carbocycles. The van der Waals surface area contributed by atoms with Crippen LogP contribution in [0.2, 0.25) is 0 Å². The molecule has 4 N–H and O–H groups in total. The van der Waals surface area contributed by atoms with Crippen molar-refractivity contribution < 1.29 is 19.2 Å². The van der Waals surface area contributed by atoms with Gasteiger partial charge in [0.1, 0.15) is 18.8 Å². The van der Waals surface area contributed by atoms with Gasteiger partial charge in [-0.3, -0.25) is 4.79 Å². The van der Waals surface area contributed by atoms with Crippen LogP contribution in [0.5, 0.6) is 5.75 Å². The van der Waals surface area contributed by atoms with E-state index in [0.717, 1.165) is 51.5 Å². The molecule has 0 aliphatic carbocycles. The largest absolute Gasteiger partial charge is 0.479 e. The number of hydrogen-bond donors (Lipinski definition) is 4. The molecule has 136 valence electrons. The quantitative estimate of drug-likeness (QED) is 0.435. The summed E-state index contributed by atoms with van der Waals surface area (Å²) in [5.41, 5.74) is 1.47. The fourth-order valence-electron chi connectivity index (χ4n) is 2.91. The van der Waals surface area contributed by atoms with Crippen molar-refractivity contribution >= 4 is 34.6 Å². The highest BCUT2D eigenvalue weighted by Gasteiger charge is 2.23. The Morgan fingerprint density at radius 2 is 2.20 bits per heavy atom. The molecule has 3 rings (SSSR count). The van der Waals surface area contributed by atoms with E-state index in [4.69, 9.17) is 21.7 Å². The van der Waals surface area contributed by atoms with Gasteiger partial charge in [-0.05, 0) is 37.3 Å². The van der Waals surface area contributed by atoms with Gasteiger partial charge in [0.25, 0.3) is 5.91 Å². The summed E-state index contributed by atoms with van der Waals surface area (Å²) in [7, 11) is 0. The van der Waals surface area contributed by atoms with Crippen LogP contribution in [-0.2, 0) is 9.53 Å². The highest BCUT2D eigenvalue weighted by Crippen LogP contribution is 2.32. The molecule has 0 unspecified atom stereocenters. The molecular formula is C17H25N4O3S+. The van der Waals surface area contributed by atoms with Crippen LogP contribution in [0.15, 0.2) is 18.2 Å². The lowest BCUT2D eigenvalue weighted by Crippen LogP contribution is -3.14. The fourth-order valence-corrected chi connectivity index (χ4v) is 3.13. The maximum atomic E-state index is 11.7. The molecule has 2 heterocycles. The molecule has 1 saturated heterocycles. The van der Waals surface area contributed by atoms with Crippen LogP contribution in [0.3, 0.4) is 0 Å². The maximum absolute atomic E-state index is 11.7. The van der Waals surface area contributed by atoms with E-state index in [1.54, 1.807) is 11.8 Å². The zero-order valence-corrected chi connectivity index (χ0v) is 15.2. The molecule has 0 radical (unpaired) electrons. The average molecular weight is 365 g/mol. The second-order valence-corrected chi connectivity index (χ2v) is 6.72. The summed E-state index contributed by atoms with van der Waals surface area (Å²) in [6.07, 6.45) is 0.589. The number of benzene rings is 1. The summed E-state index contributed by atoms with van der Waals surface area (Å²) in [6, 6.07) is 5.54. The number of hydrogen-bond acceptors (Lipinski definition) is 4. The van der Waals surface area contributed by atoms with Crippen molar-refractivity contribution in [3.63, 3.8) is 0 Å². The molecule has 0 bridgehead atoms. The van der Waals surface area contributed by atoms with E-state index in [1.807, 2.05) is 18.2 Å². The minimum Gasteiger partial charge on any atom is -0.479 e. The van der Waals surface area contributed by atoms with Gasteiger partial charge < -0.3 is 30.3 Å². The third-order valence-corrected chi connectivity index (χ3v) is 4.61. The normalized spacial score (nSPS) is 20.2. The van der Waals surface area contributed by atoms with Crippen LogP contribution in [0.25, 0.3) is 0 Å². The van der Waals surface area contributed by atoms with E-state index in [-0.39, 0.29) is 5.91 Å². The van der Waals surface area contributed by atoms with Crippen molar-refractivity contribution in [3.05, 3.63) is 18.2 Å². The van der Waals surface area contributed by atoms with Crippen LogP contribution >= 0.6 is 12.2 Å². The van der Waals surface area contributed by atoms with Crippen molar-refractivity contribution in [1.29, 1.82) is 0 Å². The van der Waals surface area contributed by atoms with E-state index >= 15 is 0 Å². The van der Waals surface area contributed by atoms with Gasteiger partial charge in [-0.25, -0.2) is 0 Å². The summed E-state index contributed by atoms with van der Waals surface area (Å²) >= 11 is 5.33. The van der Waals surface area contributed by atoms with Gasteiger partial charge in [-0.1, -0.05) is 0 Å². The summed E-state index contributed by atoms with van der Waals surface area (Å²) in [4.78, 5) is 13.3. The highest BCUT2D eigenvalue weighted by molar-refractivity contribution is 7.80. The first-order valence-corrected chi connectivity index (χ1v) is 9.10. The number of rotatable bonds is 5. The van der Waals surface area contributed by atoms with Crippen LogP contribution in [-0.4, -0.2) is 56.5 Å². The van der Waals surface area contributed by atoms with Crippen molar-refractivity contribution in [3.8, 4) is 5.75 Å². The topological polar surface area (TPSA) is 76.1 Å².